The van der Waals surface area contributed by atoms with Gasteiger partial charge in [0.05, 0.1) is 16.5 Å². The van der Waals surface area contributed by atoms with Crippen LogP contribution in [0.2, 0.25) is 0 Å². The Labute approximate surface area is 156 Å². The molecule has 0 spiro atoms. The van der Waals surface area contributed by atoms with Crippen LogP contribution in [0.1, 0.15) is 44.7 Å². The lowest BCUT2D eigenvalue weighted by Gasteiger charge is -2.36. The number of ether oxygens (including phenoxy) is 1. The maximum absolute atomic E-state index is 13.2. The number of amides is 2. The molecule has 2 aliphatic rings. The van der Waals surface area contributed by atoms with Gasteiger partial charge < -0.3 is 9.57 Å². The normalized spacial score (nSPS) is 18.3. The lowest BCUT2D eigenvalue weighted by Crippen LogP contribution is -2.46. The molecule has 2 heterocycles. The number of imide groups is 1. The molecule has 0 atom stereocenters. The van der Waals surface area contributed by atoms with Crippen molar-refractivity contribution in [2.45, 2.75) is 25.2 Å². The van der Waals surface area contributed by atoms with Crippen LogP contribution in [0.15, 0.2) is 48.5 Å². The fourth-order valence-electron chi connectivity index (χ4n) is 3.83. The second-order valence-electron chi connectivity index (χ2n) is 6.84. The minimum Gasteiger partial charge on any atom is -0.381 e. The zero-order valence-corrected chi connectivity index (χ0v) is 14.9. The van der Waals surface area contributed by atoms with Crippen molar-refractivity contribution in [1.82, 2.24) is 5.06 Å². The number of benzene rings is 2. The predicted octanol–water partition coefficient (Wildman–Crippen LogP) is 2.80. The Bertz CT molecular complexity index is 895. The van der Waals surface area contributed by atoms with Crippen LogP contribution in [-0.4, -0.2) is 36.1 Å². The molecule has 0 bridgehead atoms. The highest BCUT2D eigenvalue weighted by Gasteiger charge is 2.48. The average molecular weight is 365 g/mol. The molecule has 0 saturated carbocycles. The van der Waals surface area contributed by atoms with E-state index in [1.54, 1.807) is 24.3 Å². The fraction of sp³-hybridized carbons (Fsp3) is 0.286. The van der Waals surface area contributed by atoms with E-state index in [-0.39, 0.29) is 11.1 Å². The summed E-state index contributed by atoms with van der Waals surface area (Å²) >= 11 is 0. The van der Waals surface area contributed by atoms with Crippen LogP contribution in [0.4, 0.5) is 0 Å². The van der Waals surface area contributed by atoms with Crippen molar-refractivity contribution in [3.63, 3.8) is 0 Å². The summed E-state index contributed by atoms with van der Waals surface area (Å²) in [7, 11) is 0. The van der Waals surface area contributed by atoms with Gasteiger partial charge in [0.1, 0.15) is 0 Å². The van der Waals surface area contributed by atoms with Gasteiger partial charge in [-0.05, 0) is 43.0 Å². The van der Waals surface area contributed by atoms with E-state index in [1.807, 2.05) is 31.2 Å². The Morgan fingerprint density at radius 1 is 0.963 bits per heavy atom. The number of rotatable bonds is 3. The maximum Gasteiger partial charge on any atom is 0.343 e. The molecule has 0 aromatic heterocycles. The molecule has 2 amide bonds. The van der Waals surface area contributed by atoms with Gasteiger partial charge in [-0.3, -0.25) is 9.59 Å². The van der Waals surface area contributed by atoms with Gasteiger partial charge in [-0.25, -0.2) is 4.79 Å². The molecule has 6 heteroatoms. The first kappa shape index (κ1) is 17.4. The molecule has 2 aromatic carbocycles. The van der Waals surface area contributed by atoms with E-state index in [2.05, 4.69) is 0 Å². The van der Waals surface area contributed by atoms with Crippen LogP contribution in [0.25, 0.3) is 0 Å². The van der Waals surface area contributed by atoms with Crippen LogP contribution in [0.3, 0.4) is 0 Å². The number of fused-ring (bicyclic) bond motifs is 1. The minimum absolute atomic E-state index is 0.243. The summed E-state index contributed by atoms with van der Waals surface area (Å²) in [5.41, 5.74) is 1.34. The van der Waals surface area contributed by atoms with Gasteiger partial charge in [-0.1, -0.05) is 41.5 Å². The van der Waals surface area contributed by atoms with Crippen molar-refractivity contribution < 1.29 is 24.0 Å². The Kier molecular flexibility index (Phi) is 4.28. The van der Waals surface area contributed by atoms with Gasteiger partial charge in [0, 0.05) is 13.2 Å². The third kappa shape index (κ3) is 2.73. The molecule has 0 unspecified atom stereocenters. The van der Waals surface area contributed by atoms with Crippen LogP contribution in [0.5, 0.6) is 0 Å². The van der Waals surface area contributed by atoms with Gasteiger partial charge in [-0.15, -0.1) is 0 Å². The maximum atomic E-state index is 13.2. The Hall–Kier alpha value is -2.99. The predicted molar refractivity (Wildman–Crippen MR) is 95.9 cm³/mol. The van der Waals surface area contributed by atoms with Crippen LogP contribution in [0, 0.1) is 6.92 Å². The number of aryl methyl sites for hydroxylation is 1. The summed E-state index contributed by atoms with van der Waals surface area (Å²) in [6, 6.07) is 14.0. The summed E-state index contributed by atoms with van der Waals surface area (Å²) in [5, 5.41) is 0.586. The molecule has 1 fully saturated rings. The number of hydrogen-bond acceptors (Lipinski definition) is 5. The van der Waals surface area contributed by atoms with E-state index in [9.17, 15) is 14.4 Å². The molecule has 138 valence electrons. The lowest BCUT2D eigenvalue weighted by atomic mass is 9.72. The average Bonchev–Trinajstić information content (AvgIpc) is 2.94. The van der Waals surface area contributed by atoms with Crippen molar-refractivity contribution in [2.75, 3.05) is 13.2 Å². The van der Waals surface area contributed by atoms with Gasteiger partial charge in [0.25, 0.3) is 11.8 Å². The lowest BCUT2D eigenvalue weighted by molar-refractivity contribution is -0.179. The molecule has 27 heavy (non-hydrogen) atoms. The summed E-state index contributed by atoms with van der Waals surface area (Å²) in [6.07, 6.45) is 0.861. The van der Waals surface area contributed by atoms with Gasteiger partial charge in [0.2, 0.25) is 0 Å². The molecular formula is C21H19NO5. The molecule has 6 nitrogen and oxygen atoms in total. The molecule has 0 N–H and O–H groups in total. The zero-order valence-electron chi connectivity index (χ0n) is 14.9. The number of carbonyl (C=O) groups is 3. The summed E-state index contributed by atoms with van der Waals surface area (Å²) in [4.78, 5) is 43.7. The smallest absolute Gasteiger partial charge is 0.343 e. The number of nitrogens with zero attached hydrogens (tertiary/aromatic N) is 1. The number of hydroxylamine groups is 2. The highest BCUT2D eigenvalue weighted by atomic mass is 16.7. The third-order valence-electron chi connectivity index (χ3n) is 5.33. The van der Waals surface area contributed by atoms with Crippen LogP contribution in [-0.2, 0) is 19.8 Å². The first-order valence-electron chi connectivity index (χ1n) is 8.89. The standard InChI is InChI=1S/C21H19NO5/c1-14-6-2-5-9-17(14)21(10-12-26-13-11-21)20(25)27-22-18(23)15-7-3-4-8-16(15)19(22)24/h2-9H,10-13H2,1H3. The van der Waals surface area contributed by atoms with E-state index in [0.717, 1.165) is 11.1 Å². The van der Waals surface area contributed by atoms with Crippen molar-refractivity contribution in [3.8, 4) is 0 Å². The van der Waals surface area contributed by atoms with E-state index in [1.165, 1.54) is 0 Å². The Morgan fingerprint density at radius 3 is 2.11 bits per heavy atom. The van der Waals surface area contributed by atoms with Crippen molar-refractivity contribution >= 4 is 17.8 Å². The van der Waals surface area contributed by atoms with Gasteiger partial charge in [-0.2, -0.15) is 0 Å². The second kappa shape index (κ2) is 6.63. The fourth-order valence-corrected chi connectivity index (χ4v) is 3.83. The number of hydrogen-bond donors (Lipinski definition) is 0. The number of carbonyl (C=O) groups excluding carboxylic acids is 3. The quantitative estimate of drug-likeness (QED) is 0.782. The highest BCUT2D eigenvalue weighted by Crippen LogP contribution is 2.38. The first-order chi connectivity index (χ1) is 13.0. The zero-order chi connectivity index (χ0) is 19.0. The van der Waals surface area contributed by atoms with Crippen molar-refractivity contribution in [3.05, 3.63) is 70.8 Å². The van der Waals surface area contributed by atoms with E-state index < -0.39 is 23.2 Å². The van der Waals surface area contributed by atoms with E-state index in [0.29, 0.717) is 31.1 Å². The van der Waals surface area contributed by atoms with Crippen molar-refractivity contribution in [2.24, 2.45) is 0 Å². The van der Waals surface area contributed by atoms with Crippen molar-refractivity contribution in [1.29, 1.82) is 0 Å². The highest BCUT2D eigenvalue weighted by molar-refractivity contribution is 6.21. The second-order valence-corrected chi connectivity index (χ2v) is 6.84. The monoisotopic (exact) mass is 365 g/mol. The largest absolute Gasteiger partial charge is 0.381 e. The summed E-state index contributed by atoms with van der Waals surface area (Å²) in [5.74, 6) is -1.83. The minimum atomic E-state index is -0.946. The van der Waals surface area contributed by atoms with Crippen LogP contribution >= 0.6 is 0 Å². The summed E-state index contributed by atoms with van der Waals surface area (Å²) in [6.45, 7) is 2.75. The van der Waals surface area contributed by atoms with E-state index in [4.69, 9.17) is 9.57 Å². The Morgan fingerprint density at radius 2 is 1.52 bits per heavy atom. The SMILES string of the molecule is Cc1ccccc1C1(C(=O)ON2C(=O)c3ccccc3C2=O)CCOCC1. The molecule has 1 saturated heterocycles. The molecular weight excluding hydrogens is 346 g/mol. The topological polar surface area (TPSA) is 72.9 Å². The van der Waals surface area contributed by atoms with Gasteiger partial charge >= 0.3 is 5.97 Å². The van der Waals surface area contributed by atoms with Gasteiger partial charge in [0.15, 0.2) is 0 Å². The molecule has 0 radical (unpaired) electrons. The Balaban J connectivity index is 1.67. The molecule has 2 aromatic rings. The summed E-state index contributed by atoms with van der Waals surface area (Å²) < 4.78 is 5.44. The first-order valence-corrected chi connectivity index (χ1v) is 8.89. The molecule has 2 aliphatic heterocycles. The van der Waals surface area contributed by atoms with Crippen LogP contribution < -0.4 is 0 Å². The molecule has 0 aliphatic carbocycles. The molecule has 4 rings (SSSR count). The van der Waals surface area contributed by atoms with E-state index >= 15 is 0 Å². The third-order valence-corrected chi connectivity index (χ3v) is 5.33.